The van der Waals surface area contributed by atoms with E-state index >= 15 is 0 Å². The highest BCUT2D eigenvalue weighted by molar-refractivity contribution is 7.47. The van der Waals surface area contributed by atoms with Crippen molar-refractivity contribution in [2.24, 2.45) is 0 Å². The normalized spacial score (nSPS) is 14.6. The predicted molar refractivity (Wildman–Crippen MR) is 445 cm³/mol. The van der Waals surface area contributed by atoms with Gasteiger partial charge in [0.1, 0.15) is 25.4 Å². The number of rotatable bonds is 79. The first-order chi connectivity index (χ1) is 52.2. The molecular weight excluding hydrogens is 1390 g/mol. The van der Waals surface area contributed by atoms with Gasteiger partial charge in [-0.2, -0.15) is 0 Å². The average molecular weight is 1540 g/mol. The van der Waals surface area contributed by atoms with Gasteiger partial charge in [-0.25, -0.2) is 9.13 Å². The van der Waals surface area contributed by atoms with Crippen LogP contribution in [0.5, 0.6) is 0 Å². The Labute approximate surface area is 651 Å². The standard InChI is InChI=1S/C89H152O16P2/c1-4-7-10-13-16-19-22-25-28-31-34-37-39-41-43-46-48-51-54-57-60-63-66-69-72-75-87(92)99-78-84(90)79-101-106(95,96)102-80-85(91)81-103-107(97,98)104-83-86(105-89(94)77-74-71-68-65-62-59-56-53-50-45-36-33-30-27-24-21-18-15-12-9-6-3)82-100-88(93)76-73-70-67-64-61-58-55-52-49-47-44-42-40-38-35-32-29-26-23-20-17-14-11-8-5-2/h16-21,25-30,34-38,41-45,53,56,84-86,90-91H,4-15,22-24,31-33,39-40,46-52,54-55,57-83H2,1-3H3,(H,95,96)(H,97,98)/b19-16-,20-17-,21-18-,28-25-,29-26-,30-27-,37-34-,38-35-,43-41-,44-42-,45-36-,56-53-. The average Bonchev–Trinajstić information content (AvgIpc) is 0.904. The summed E-state index contributed by atoms with van der Waals surface area (Å²) in [5, 5.41) is 20.7. The summed E-state index contributed by atoms with van der Waals surface area (Å²) in [5.41, 5.74) is 0. The maximum absolute atomic E-state index is 13.0. The Balaban J connectivity index is 4.71. The van der Waals surface area contributed by atoms with E-state index in [4.69, 9.17) is 32.3 Å². The summed E-state index contributed by atoms with van der Waals surface area (Å²) in [4.78, 5) is 58.8. The lowest BCUT2D eigenvalue weighted by Crippen LogP contribution is -2.30. The molecule has 0 radical (unpaired) electrons. The van der Waals surface area contributed by atoms with Gasteiger partial charge in [-0.3, -0.25) is 32.5 Å². The Bertz CT molecular complexity index is 2530. The van der Waals surface area contributed by atoms with Crippen molar-refractivity contribution in [1.82, 2.24) is 0 Å². The quantitative estimate of drug-likeness (QED) is 0.0146. The molecule has 5 unspecified atom stereocenters. The van der Waals surface area contributed by atoms with Gasteiger partial charge in [0, 0.05) is 19.3 Å². The van der Waals surface area contributed by atoms with Crippen molar-refractivity contribution in [2.45, 2.75) is 360 Å². The van der Waals surface area contributed by atoms with Gasteiger partial charge < -0.3 is 34.2 Å². The molecule has 16 nitrogen and oxygen atoms in total. The number of aliphatic hydroxyl groups excluding tert-OH is 2. The van der Waals surface area contributed by atoms with Crippen LogP contribution in [0.3, 0.4) is 0 Å². The lowest BCUT2D eigenvalue weighted by Gasteiger charge is -2.21. The first-order valence-corrected chi connectivity index (χ1v) is 45.1. The molecule has 0 saturated heterocycles. The lowest BCUT2D eigenvalue weighted by atomic mass is 10.1. The second kappa shape index (κ2) is 80.9. The van der Waals surface area contributed by atoms with Crippen molar-refractivity contribution >= 4 is 33.6 Å². The molecule has 0 heterocycles. The topological polar surface area (TPSA) is 231 Å². The third-order valence-electron chi connectivity index (χ3n) is 17.5. The van der Waals surface area contributed by atoms with Crippen LogP contribution < -0.4 is 0 Å². The highest BCUT2D eigenvalue weighted by Gasteiger charge is 2.29. The Morgan fingerprint density at radius 2 is 0.467 bits per heavy atom. The first-order valence-electron chi connectivity index (χ1n) is 42.1. The lowest BCUT2D eigenvalue weighted by molar-refractivity contribution is -0.161. The molecule has 0 saturated carbocycles. The maximum atomic E-state index is 13.0. The molecule has 0 aliphatic heterocycles. The van der Waals surface area contributed by atoms with Crippen molar-refractivity contribution in [1.29, 1.82) is 0 Å². The van der Waals surface area contributed by atoms with Crippen molar-refractivity contribution in [3.8, 4) is 0 Å². The molecule has 107 heavy (non-hydrogen) atoms. The number of allylic oxidation sites excluding steroid dienone is 24. The number of unbranched alkanes of at least 4 members (excludes halogenated alkanes) is 32. The van der Waals surface area contributed by atoms with Gasteiger partial charge in [0.25, 0.3) is 0 Å². The molecule has 0 fully saturated rings. The molecule has 0 aliphatic carbocycles. The zero-order chi connectivity index (χ0) is 78.0. The van der Waals surface area contributed by atoms with Crippen LogP contribution in [-0.4, -0.2) is 95.9 Å². The number of aliphatic hydroxyl groups is 2. The molecule has 18 heteroatoms. The molecule has 614 valence electrons. The van der Waals surface area contributed by atoms with Gasteiger partial charge in [0.2, 0.25) is 0 Å². The van der Waals surface area contributed by atoms with Crippen LogP contribution in [-0.2, 0) is 55.8 Å². The number of ether oxygens (including phenoxy) is 3. The molecular formula is C89H152O16P2. The van der Waals surface area contributed by atoms with E-state index < -0.39 is 91.5 Å². The van der Waals surface area contributed by atoms with Gasteiger partial charge in [-0.1, -0.05) is 314 Å². The fourth-order valence-electron chi connectivity index (χ4n) is 11.1. The van der Waals surface area contributed by atoms with Gasteiger partial charge in [0.05, 0.1) is 26.4 Å². The largest absolute Gasteiger partial charge is 0.472 e. The number of carbonyl (C=O) groups is 3. The molecule has 0 aromatic heterocycles. The summed E-state index contributed by atoms with van der Waals surface area (Å²) >= 11 is 0. The highest BCUT2D eigenvalue weighted by atomic mass is 31.2. The third kappa shape index (κ3) is 82.2. The van der Waals surface area contributed by atoms with E-state index in [1.807, 2.05) is 0 Å². The number of esters is 3. The Morgan fingerprint density at radius 1 is 0.262 bits per heavy atom. The molecule has 0 aromatic rings. The van der Waals surface area contributed by atoms with Gasteiger partial charge >= 0.3 is 33.6 Å². The molecule has 0 rings (SSSR count). The van der Waals surface area contributed by atoms with Crippen LogP contribution in [0.25, 0.3) is 0 Å². The van der Waals surface area contributed by atoms with E-state index in [1.54, 1.807) is 0 Å². The zero-order valence-corrected chi connectivity index (χ0v) is 69.1. The molecule has 5 atom stereocenters. The number of hydrogen-bond donors (Lipinski definition) is 4. The van der Waals surface area contributed by atoms with E-state index in [2.05, 4.69) is 167 Å². The van der Waals surface area contributed by atoms with Gasteiger partial charge in [-0.05, 0) is 154 Å². The predicted octanol–water partition coefficient (Wildman–Crippen LogP) is 25.2. The fraction of sp³-hybridized carbons (Fsp3) is 0.697. The van der Waals surface area contributed by atoms with Crippen molar-refractivity contribution in [2.75, 3.05) is 39.6 Å². The second-order valence-corrected chi connectivity index (χ2v) is 30.8. The zero-order valence-electron chi connectivity index (χ0n) is 67.3. The number of phosphoric ester groups is 2. The van der Waals surface area contributed by atoms with Crippen molar-refractivity contribution < 1.29 is 75.8 Å². The summed E-state index contributed by atoms with van der Waals surface area (Å²) in [7, 11) is -9.81. The van der Waals surface area contributed by atoms with Crippen LogP contribution in [0.1, 0.15) is 342 Å². The van der Waals surface area contributed by atoms with E-state index in [9.17, 15) is 43.5 Å². The number of phosphoric acid groups is 2. The van der Waals surface area contributed by atoms with E-state index in [0.29, 0.717) is 19.3 Å². The van der Waals surface area contributed by atoms with Crippen molar-refractivity contribution in [3.63, 3.8) is 0 Å². The maximum Gasteiger partial charge on any atom is 0.472 e. The van der Waals surface area contributed by atoms with Crippen LogP contribution >= 0.6 is 15.6 Å². The summed E-state index contributed by atoms with van der Waals surface area (Å²) in [6.45, 7) is 2.58. The SMILES string of the molecule is CCCCC/C=C\C/C=C\C/C=C\C/C=C\CCCCCCCCCCCC(=O)OCC(O)COP(=O)(O)OCC(O)COP(=O)(O)OCC(COC(=O)CCCCCCCCCCC/C=C\C/C=C\C/C=C\C/C=C\CCCCC)OC(=O)CCCCCCC/C=C\C/C=C\C/C=C\C/C=C\CCCCC. The fourth-order valence-corrected chi connectivity index (χ4v) is 12.6. The Kier molecular flexibility index (Phi) is 77.5. The van der Waals surface area contributed by atoms with Gasteiger partial charge in [-0.15, -0.1) is 0 Å². The van der Waals surface area contributed by atoms with Crippen LogP contribution in [0.4, 0.5) is 0 Å². The smallest absolute Gasteiger partial charge is 0.463 e. The molecule has 4 N–H and O–H groups in total. The molecule has 0 aromatic carbocycles. The van der Waals surface area contributed by atoms with Crippen LogP contribution in [0, 0.1) is 0 Å². The Hall–Kier alpha value is -4.57. The van der Waals surface area contributed by atoms with Crippen LogP contribution in [0.2, 0.25) is 0 Å². The first kappa shape index (κ1) is 102. The minimum Gasteiger partial charge on any atom is -0.463 e. The second-order valence-electron chi connectivity index (χ2n) is 27.9. The van der Waals surface area contributed by atoms with Crippen molar-refractivity contribution in [3.05, 3.63) is 146 Å². The van der Waals surface area contributed by atoms with Gasteiger partial charge in [0.15, 0.2) is 6.10 Å². The van der Waals surface area contributed by atoms with E-state index in [0.717, 1.165) is 161 Å². The van der Waals surface area contributed by atoms with E-state index in [-0.39, 0.29) is 19.3 Å². The number of carbonyl (C=O) groups excluding carboxylic acids is 3. The number of hydrogen-bond acceptors (Lipinski definition) is 14. The molecule has 0 bridgehead atoms. The Morgan fingerprint density at radius 3 is 0.738 bits per heavy atom. The third-order valence-corrected chi connectivity index (χ3v) is 19.4. The minimum absolute atomic E-state index is 0.0780. The summed E-state index contributed by atoms with van der Waals surface area (Å²) < 4.78 is 61.3. The minimum atomic E-state index is -4.95. The monoisotopic (exact) mass is 1540 g/mol. The molecule has 0 aliphatic rings. The highest BCUT2D eigenvalue weighted by Crippen LogP contribution is 2.45. The molecule has 0 amide bonds. The van der Waals surface area contributed by atoms with E-state index in [1.165, 1.54) is 122 Å². The summed E-state index contributed by atoms with van der Waals surface area (Å²) in [6, 6.07) is 0. The molecule has 0 spiro atoms. The van der Waals surface area contributed by atoms with Crippen LogP contribution in [0.15, 0.2) is 146 Å². The summed E-state index contributed by atoms with van der Waals surface area (Å²) in [6.07, 6.45) is 100. The summed E-state index contributed by atoms with van der Waals surface area (Å²) in [5.74, 6) is -1.61.